The number of likely N-dealkylation sites (N-methyl/N-ethyl adjacent to an activating group) is 1. The number of halogens is 1. The molecule has 0 saturated heterocycles. The van der Waals surface area contributed by atoms with Crippen LogP contribution in [0.15, 0.2) is 60.7 Å². The Morgan fingerprint density at radius 2 is 1.42 bits per heavy atom. The van der Waals surface area contributed by atoms with E-state index < -0.39 is 0 Å². The average molecular weight is 276 g/mol. The summed E-state index contributed by atoms with van der Waals surface area (Å²) in [6.07, 6.45) is 1.06. The molecule has 0 spiro atoms. The zero-order valence-electron chi connectivity index (χ0n) is 11.6. The van der Waals surface area contributed by atoms with Crippen LogP contribution in [0.2, 0.25) is 0 Å². The molecule has 0 radical (unpaired) electrons. The Labute approximate surface area is 122 Å². The molecule has 2 aromatic rings. The molecule has 1 atom stereocenters. The van der Waals surface area contributed by atoms with Crippen molar-refractivity contribution in [2.75, 3.05) is 13.6 Å². The fourth-order valence-corrected chi connectivity index (χ4v) is 2.26. The highest BCUT2D eigenvalue weighted by Gasteiger charge is 2.15. The van der Waals surface area contributed by atoms with E-state index in [0.717, 1.165) is 13.0 Å². The van der Waals surface area contributed by atoms with Gasteiger partial charge in [0.25, 0.3) is 0 Å². The summed E-state index contributed by atoms with van der Waals surface area (Å²) in [6.45, 7) is 3.27. The van der Waals surface area contributed by atoms with Crippen LogP contribution < -0.4 is 0 Å². The minimum atomic E-state index is 0. The average Bonchev–Trinajstić information content (AvgIpc) is 2.46. The monoisotopic (exact) mass is 275 g/mol. The third-order valence-corrected chi connectivity index (χ3v) is 3.49. The molecule has 1 nitrogen and oxygen atoms in total. The summed E-state index contributed by atoms with van der Waals surface area (Å²) in [5, 5.41) is 0. The Balaban J connectivity index is 0.00000180. The Morgan fingerprint density at radius 1 is 0.895 bits per heavy atom. The molecular weight excluding hydrogens is 254 g/mol. The number of rotatable bonds is 5. The molecule has 0 fully saturated rings. The lowest BCUT2D eigenvalue weighted by Gasteiger charge is -2.27. The second-order valence-electron chi connectivity index (χ2n) is 4.69. The van der Waals surface area contributed by atoms with E-state index in [2.05, 4.69) is 79.5 Å². The molecule has 0 N–H and O–H groups in total. The van der Waals surface area contributed by atoms with Gasteiger partial charge in [0.15, 0.2) is 0 Å². The molecule has 0 saturated carbocycles. The topological polar surface area (TPSA) is 3.24 Å². The van der Waals surface area contributed by atoms with Crippen LogP contribution in [0.25, 0.3) is 0 Å². The second kappa shape index (κ2) is 7.98. The zero-order valence-corrected chi connectivity index (χ0v) is 12.4. The largest absolute Gasteiger partial charge is 0.299 e. The van der Waals surface area contributed by atoms with Gasteiger partial charge in [0, 0.05) is 6.04 Å². The number of hydrogen-bond donors (Lipinski definition) is 0. The third-order valence-electron chi connectivity index (χ3n) is 3.49. The van der Waals surface area contributed by atoms with Gasteiger partial charge in [0.2, 0.25) is 0 Å². The van der Waals surface area contributed by atoms with Crippen molar-refractivity contribution in [1.29, 1.82) is 0 Å². The quantitative estimate of drug-likeness (QED) is 0.784. The molecule has 2 aromatic carbocycles. The summed E-state index contributed by atoms with van der Waals surface area (Å²) in [6, 6.07) is 21.9. The van der Waals surface area contributed by atoms with Crippen LogP contribution in [0.3, 0.4) is 0 Å². The highest BCUT2D eigenvalue weighted by Crippen LogP contribution is 2.23. The minimum absolute atomic E-state index is 0. The summed E-state index contributed by atoms with van der Waals surface area (Å²) in [5.74, 6) is 0. The predicted octanol–water partition coefficient (Wildman–Crippen LogP) is 4.34. The molecule has 102 valence electrons. The molecular formula is C17H22ClN. The predicted molar refractivity (Wildman–Crippen MR) is 84.9 cm³/mol. The van der Waals surface area contributed by atoms with Crippen LogP contribution in [-0.2, 0) is 6.42 Å². The van der Waals surface area contributed by atoms with E-state index >= 15 is 0 Å². The van der Waals surface area contributed by atoms with Gasteiger partial charge in [0.05, 0.1) is 0 Å². The fourth-order valence-electron chi connectivity index (χ4n) is 2.26. The van der Waals surface area contributed by atoms with Crippen molar-refractivity contribution < 1.29 is 0 Å². The Bertz CT molecular complexity index is 455. The molecule has 0 amide bonds. The molecule has 2 rings (SSSR count). The SMILES string of the molecule is CCN(C)C(Cc1ccccc1)c1ccccc1.Cl. The molecule has 0 aromatic heterocycles. The Morgan fingerprint density at radius 3 is 1.95 bits per heavy atom. The smallest absolute Gasteiger partial charge is 0.0385 e. The van der Waals surface area contributed by atoms with E-state index in [9.17, 15) is 0 Å². The van der Waals surface area contributed by atoms with Gasteiger partial charge in [-0.3, -0.25) is 4.90 Å². The minimum Gasteiger partial charge on any atom is -0.299 e. The number of nitrogens with zero attached hydrogens (tertiary/aromatic N) is 1. The maximum atomic E-state index is 2.41. The van der Waals surface area contributed by atoms with Crippen molar-refractivity contribution in [3.05, 3.63) is 71.8 Å². The highest BCUT2D eigenvalue weighted by molar-refractivity contribution is 5.85. The molecule has 19 heavy (non-hydrogen) atoms. The van der Waals surface area contributed by atoms with Crippen molar-refractivity contribution in [2.45, 2.75) is 19.4 Å². The molecule has 0 bridgehead atoms. The molecule has 0 aliphatic heterocycles. The first kappa shape index (κ1) is 15.7. The van der Waals surface area contributed by atoms with E-state index in [-0.39, 0.29) is 12.4 Å². The van der Waals surface area contributed by atoms with Gasteiger partial charge in [-0.05, 0) is 31.1 Å². The van der Waals surface area contributed by atoms with Gasteiger partial charge in [-0.2, -0.15) is 0 Å². The van der Waals surface area contributed by atoms with Gasteiger partial charge >= 0.3 is 0 Å². The van der Waals surface area contributed by atoms with Crippen molar-refractivity contribution in [3.8, 4) is 0 Å². The summed E-state index contributed by atoms with van der Waals surface area (Å²) < 4.78 is 0. The maximum absolute atomic E-state index is 2.41. The van der Waals surface area contributed by atoms with Gasteiger partial charge in [0.1, 0.15) is 0 Å². The zero-order chi connectivity index (χ0) is 12.8. The lowest BCUT2D eigenvalue weighted by atomic mass is 9.98. The summed E-state index contributed by atoms with van der Waals surface area (Å²) in [7, 11) is 2.20. The van der Waals surface area contributed by atoms with Gasteiger partial charge in [-0.1, -0.05) is 67.6 Å². The maximum Gasteiger partial charge on any atom is 0.0385 e. The first-order valence-corrected chi connectivity index (χ1v) is 6.60. The Kier molecular flexibility index (Phi) is 6.61. The summed E-state index contributed by atoms with van der Waals surface area (Å²) in [5.41, 5.74) is 2.79. The second-order valence-corrected chi connectivity index (χ2v) is 4.69. The van der Waals surface area contributed by atoms with E-state index in [1.54, 1.807) is 0 Å². The number of benzene rings is 2. The highest BCUT2D eigenvalue weighted by atomic mass is 35.5. The van der Waals surface area contributed by atoms with E-state index in [1.807, 2.05) is 0 Å². The normalized spacial score (nSPS) is 11.9. The van der Waals surface area contributed by atoms with Crippen molar-refractivity contribution in [3.63, 3.8) is 0 Å². The van der Waals surface area contributed by atoms with E-state index in [0.29, 0.717) is 6.04 Å². The molecule has 0 heterocycles. The van der Waals surface area contributed by atoms with Crippen LogP contribution in [0.5, 0.6) is 0 Å². The van der Waals surface area contributed by atoms with Crippen LogP contribution >= 0.6 is 12.4 Å². The van der Waals surface area contributed by atoms with Crippen LogP contribution in [0.4, 0.5) is 0 Å². The van der Waals surface area contributed by atoms with Crippen LogP contribution in [-0.4, -0.2) is 18.5 Å². The van der Waals surface area contributed by atoms with Gasteiger partial charge in [-0.25, -0.2) is 0 Å². The van der Waals surface area contributed by atoms with Crippen molar-refractivity contribution >= 4 is 12.4 Å². The lowest BCUT2D eigenvalue weighted by Crippen LogP contribution is -2.26. The van der Waals surface area contributed by atoms with Crippen molar-refractivity contribution in [2.24, 2.45) is 0 Å². The first-order chi connectivity index (χ1) is 8.81. The Hall–Kier alpha value is -1.31. The summed E-state index contributed by atoms with van der Waals surface area (Å²) >= 11 is 0. The fraction of sp³-hybridized carbons (Fsp3) is 0.294. The number of hydrogen-bond acceptors (Lipinski definition) is 1. The van der Waals surface area contributed by atoms with Crippen LogP contribution in [0, 0.1) is 0 Å². The lowest BCUT2D eigenvalue weighted by molar-refractivity contribution is 0.256. The van der Waals surface area contributed by atoms with Gasteiger partial charge in [-0.15, -0.1) is 12.4 Å². The van der Waals surface area contributed by atoms with Gasteiger partial charge < -0.3 is 0 Å². The van der Waals surface area contributed by atoms with Crippen LogP contribution in [0.1, 0.15) is 24.1 Å². The standard InChI is InChI=1S/C17H21N.ClH/c1-3-18(2)17(16-12-8-5-9-13-16)14-15-10-6-4-7-11-15;/h4-13,17H,3,14H2,1-2H3;1H. The molecule has 0 aliphatic rings. The third kappa shape index (κ3) is 4.38. The molecule has 1 unspecified atom stereocenters. The molecule has 2 heteroatoms. The van der Waals surface area contributed by atoms with Crippen molar-refractivity contribution in [1.82, 2.24) is 4.90 Å². The van der Waals surface area contributed by atoms with E-state index in [1.165, 1.54) is 11.1 Å². The van der Waals surface area contributed by atoms with E-state index in [4.69, 9.17) is 0 Å². The molecule has 0 aliphatic carbocycles. The summed E-state index contributed by atoms with van der Waals surface area (Å²) in [4.78, 5) is 2.41. The first-order valence-electron chi connectivity index (χ1n) is 6.60.